The second kappa shape index (κ2) is 4.55. The van der Waals surface area contributed by atoms with Gasteiger partial charge in [-0.25, -0.2) is 12.8 Å². The Morgan fingerprint density at radius 1 is 1.44 bits per heavy atom. The lowest BCUT2D eigenvalue weighted by Crippen LogP contribution is -2.32. The van der Waals surface area contributed by atoms with Gasteiger partial charge in [-0.2, -0.15) is 5.26 Å². The Bertz CT molecular complexity index is 609. The van der Waals surface area contributed by atoms with Crippen molar-refractivity contribution < 1.29 is 17.9 Å². The lowest BCUT2D eigenvalue weighted by Gasteiger charge is -2.16. The molecular formula is C11H11FN2O3S. The summed E-state index contributed by atoms with van der Waals surface area (Å²) in [6.45, 7) is 0. The van der Waals surface area contributed by atoms with Crippen LogP contribution in [0, 0.1) is 17.1 Å². The maximum absolute atomic E-state index is 13.6. The highest BCUT2D eigenvalue weighted by molar-refractivity contribution is 7.91. The Hall–Kier alpha value is -1.65. The van der Waals surface area contributed by atoms with Crippen molar-refractivity contribution in [2.75, 3.05) is 16.8 Å². The third kappa shape index (κ3) is 2.60. The van der Waals surface area contributed by atoms with E-state index in [-0.39, 0.29) is 22.8 Å². The summed E-state index contributed by atoms with van der Waals surface area (Å²) in [6.07, 6.45) is -1.05. The third-order valence-corrected chi connectivity index (χ3v) is 4.48. The summed E-state index contributed by atoms with van der Waals surface area (Å²) in [5.74, 6) is -1.19. The van der Waals surface area contributed by atoms with E-state index in [1.165, 1.54) is 12.1 Å². The average Bonchev–Trinajstić information content (AvgIpc) is 2.54. The number of anilines is 1. The van der Waals surface area contributed by atoms with Gasteiger partial charge in [0.25, 0.3) is 0 Å². The zero-order valence-electron chi connectivity index (χ0n) is 9.30. The minimum absolute atomic E-state index is 0.0788. The molecule has 0 aliphatic carbocycles. The quantitative estimate of drug-likeness (QED) is 0.805. The minimum atomic E-state index is -3.28. The highest BCUT2D eigenvalue weighted by Crippen LogP contribution is 2.21. The fourth-order valence-corrected chi connectivity index (χ4v) is 3.61. The van der Waals surface area contributed by atoms with Gasteiger partial charge in [0.2, 0.25) is 0 Å². The van der Waals surface area contributed by atoms with Gasteiger partial charge >= 0.3 is 0 Å². The number of nitriles is 1. The number of aliphatic hydroxyl groups is 1. The van der Waals surface area contributed by atoms with E-state index < -0.39 is 27.8 Å². The minimum Gasteiger partial charge on any atom is -0.390 e. The molecule has 2 unspecified atom stereocenters. The van der Waals surface area contributed by atoms with Crippen LogP contribution in [0.15, 0.2) is 18.2 Å². The van der Waals surface area contributed by atoms with Crippen molar-refractivity contribution in [3.8, 4) is 6.07 Å². The van der Waals surface area contributed by atoms with Crippen LogP contribution in [0.1, 0.15) is 5.56 Å². The molecule has 2 atom stereocenters. The van der Waals surface area contributed by atoms with Gasteiger partial charge in [0.15, 0.2) is 9.84 Å². The molecule has 2 N–H and O–H groups in total. The highest BCUT2D eigenvalue weighted by atomic mass is 32.2. The molecule has 2 rings (SSSR count). The number of aliphatic hydroxyl groups excluding tert-OH is 1. The number of benzene rings is 1. The number of hydrogen-bond acceptors (Lipinski definition) is 5. The van der Waals surface area contributed by atoms with Crippen LogP contribution in [0.5, 0.6) is 0 Å². The van der Waals surface area contributed by atoms with Gasteiger partial charge in [-0.3, -0.25) is 0 Å². The van der Waals surface area contributed by atoms with E-state index in [2.05, 4.69) is 5.32 Å². The van der Waals surface area contributed by atoms with Gasteiger partial charge in [0, 0.05) is 0 Å². The maximum atomic E-state index is 13.6. The van der Waals surface area contributed by atoms with Crippen LogP contribution >= 0.6 is 0 Å². The molecule has 0 spiro atoms. The summed E-state index contributed by atoms with van der Waals surface area (Å²) in [6, 6.07) is 4.90. The summed E-state index contributed by atoms with van der Waals surface area (Å²) >= 11 is 0. The van der Waals surface area contributed by atoms with Crippen LogP contribution in [0.2, 0.25) is 0 Å². The van der Waals surface area contributed by atoms with Crippen LogP contribution in [0.25, 0.3) is 0 Å². The van der Waals surface area contributed by atoms with Crippen molar-refractivity contribution in [2.24, 2.45) is 0 Å². The van der Waals surface area contributed by atoms with E-state index in [4.69, 9.17) is 5.26 Å². The van der Waals surface area contributed by atoms with Crippen LogP contribution in [-0.4, -0.2) is 37.2 Å². The lowest BCUT2D eigenvalue weighted by molar-refractivity contribution is 0.190. The second-order valence-corrected chi connectivity index (χ2v) is 6.36. The molecule has 5 nitrogen and oxygen atoms in total. The molecule has 1 heterocycles. The number of hydrogen-bond donors (Lipinski definition) is 2. The highest BCUT2D eigenvalue weighted by Gasteiger charge is 2.36. The van der Waals surface area contributed by atoms with Crippen molar-refractivity contribution in [1.29, 1.82) is 5.26 Å². The molecule has 1 aliphatic heterocycles. The molecule has 0 radical (unpaired) electrons. The third-order valence-electron chi connectivity index (χ3n) is 2.76. The van der Waals surface area contributed by atoms with Crippen molar-refractivity contribution in [3.63, 3.8) is 0 Å². The van der Waals surface area contributed by atoms with Crippen LogP contribution in [-0.2, 0) is 9.84 Å². The Balaban J connectivity index is 2.18. The van der Waals surface area contributed by atoms with E-state index >= 15 is 0 Å². The molecule has 1 aliphatic rings. The Labute approximate surface area is 104 Å². The molecule has 0 amide bonds. The first kappa shape index (κ1) is 12.8. The standard InChI is InChI=1S/C11H11FN2O3S/c12-8-3-7(4-13)1-2-9(8)14-10-5-18(16,17)6-11(10)15/h1-3,10-11,14-15H,5-6H2. The average molecular weight is 270 g/mol. The van der Waals surface area contributed by atoms with Crippen LogP contribution in [0.3, 0.4) is 0 Å². The van der Waals surface area contributed by atoms with Crippen molar-refractivity contribution in [2.45, 2.75) is 12.1 Å². The Morgan fingerprint density at radius 3 is 2.67 bits per heavy atom. The van der Waals surface area contributed by atoms with Crippen molar-refractivity contribution >= 4 is 15.5 Å². The second-order valence-electron chi connectivity index (χ2n) is 4.20. The molecule has 7 heteroatoms. The number of halogens is 1. The fourth-order valence-electron chi connectivity index (χ4n) is 1.87. The monoisotopic (exact) mass is 270 g/mol. The fraction of sp³-hybridized carbons (Fsp3) is 0.364. The molecule has 0 saturated carbocycles. The Kier molecular flexibility index (Phi) is 3.24. The summed E-state index contributed by atoms with van der Waals surface area (Å²) in [4.78, 5) is 0. The molecule has 18 heavy (non-hydrogen) atoms. The Morgan fingerprint density at radius 2 is 2.17 bits per heavy atom. The van der Waals surface area contributed by atoms with Gasteiger partial charge < -0.3 is 10.4 Å². The zero-order valence-corrected chi connectivity index (χ0v) is 10.1. The molecule has 0 aromatic heterocycles. The number of nitrogens with one attached hydrogen (secondary N) is 1. The van der Waals surface area contributed by atoms with Crippen LogP contribution in [0.4, 0.5) is 10.1 Å². The van der Waals surface area contributed by atoms with E-state index in [1.807, 2.05) is 0 Å². The van der Waals surface area contributed by atoms with E-state index in [1.54, 1.807) is 6.07 Å². The van der Waals surface area contributed by atoms with E-state index in [0.717, 1.165) is 6.07 Å². The van der Waals surface area contributed by atoms with E-state index in [9.17, 15) is 17.9 Å². The first-order chi connectivity index (χ1) is 8.41. The summed E-state index contributed by atoms with van der Waals surface area (Å²) < 4.78 is 36.1. The SMILES string of the molecule is N#Cc1ccc(NC2CS(=O)(=O)CC2O)c(F)c1. The number of nitrogens with zero attached hydrogens (tertiary/aromatic N) is 1. The van der Waals surface area contributed by atoms with Crippen LogP contribution < -0.4 is 5.32 Å². The first-order valence-electron chi connectivity index (χ1n) is 5.26. The van der Waals surface area contributed by atoms with Gasteiger partial charge in [-0.1, -0.05) is 0 Å². The molecular weight excluding hydrogens is 259 g/mol. The predicted molar refractivity (Wildman–Crippen MR) is 63.2 cm³/mol. The van der Waals surface area contributed by atoms with Gasteiger partial charge in [0.05, 0.1) is 41.0 Å². The molecule has 0 bridgehead atoms. The molecule has 1 aromatic rings. The van der Waals surface area contributed by atoms with Crippen molar-refractivity contribution in [1.82, 2.24) is 0 Å². The number of sulfone groups is 1. The van der Waals surface area contributed by atoms with Crippen molar-refractivity contribution in [3.05, 3.63) is 29.6 Å². The smallest absolute Gasteiger partial charge is 0.155 e. The first-order valence-corrected chi connectivity index (χ1v) is 7.08. The zero-order chi connectivity index (χ0) is 13.3. The van der Waals surface area contributed by atoms with Gasteiger partial charge in [-0.05, 0) is 18.2 Å². The maximum Gasteiger partial charge on any atom is 0.155 e. The topological polar surface area (TPSA) is 90.2 Å². The van der Waals surface area contributed by atoms with Gasteiger partial charge in [0.1, 0.15) is 5.82 Å². The predicted octanol–water partition coefficient (Wildman–Crippen LogP) is 0.267. The van der Waals surface area contributed by atoms with E-state index in [0.29, 0.717) is 0 Å². The lowest BCUT2D eigenvalue weighted by atomic mass is 10.1. The summed E-state index contributed by atoms with van der Waals surface area (Å²) in [5.41, 5.74) is 0.257. The molecule has 1 aromatic carbocycles. The molecule has 96 valence electrons. The molecule has 1 saturated heterocycles. The normalized spacial score (nSPS) is 25.6. The summed E-state index contributed by atoms with van der Waals surface area (Å²) in [7, 11) is -3.28. The van der Waals surface area contributed by atoms with Gasteiger partial charge in [-0.15, -0.1) is 0 Å². The largest absolute Gasteiger partial charge is 0.390 e. The summed E-state index contributed by atoms with van der Waals surface area (Å²) in [5, 5.41) is 20.8. The number of rotatable bonds is 2. The molecule has 1 fully saturated rings.